The second kappa shape index (κ2) is 8.66. The molecule has 0 aromatic heterocycles. The molecule has 146 valence electrons. The van der Waals surface area contributed by atoms with E-state index in [1.165, 1.54) is 12.1 Å². The van der Waals surface area contributed by atoms with Crippen molar-refractivity contribution >= 4 is 5.91 Å². The van der Waals surface area contributed by atoms with Gasteiger partial charge in [0.05, 0.1) is 18.1 Å². The predicted octanol–water partition coefficient (Wildman–Crippen LogP) is 4.76. The number of halogens is 1. The fourth-order valence-corrected chi connectivity index (χ4v) is 3.07. The molecule has 0 saturated heterocycles. The molecule has 0 heterocycles. The van der Waals surface area contributed by atoms with Crippen LogP contribution in [0.3, 0.4) is 0 Å². The molecule has 0 unspecified atom stereocenters. The minimum absolute atomic E-state index is 0.0668. The van der Waals surface area contributed by atoms with Gasteiger partial charge in [-0.2, -0.15) is 0 Å². The average Bonchev–Trinajstić information content (AvgIpc) is 2.64. The lowest BCUT2D eigenvalue weighted by Crippen LogP contribution is -2.45. The molecule has 2 N–H and O–H groups in total. The number of amides is 1. The third-order valence-corrected chi connectivity index (χ3v) is 5.05. The van der Waals surface area contributed by atoms with E-state index >= 15 is 0 Å². The van der Waals surface area contributed by atoms with Crippen LogP contribution in [-0.4, -0.2) is 17.6 Å². The first kappa shape index (κ1) is 21.1. The Morgan fingerprint density at radius 3 is 2.11 bits per heavy atom. The first-order chi connectivity index (χ1) is 12.7. The predicted molar refractivity (Wildman–Crippen MR) is 107 cm³/mol. The number of aliphatic hydroxyl groups is 1. The van der Waals surface area contributed by atoms with Crippen LogP contribution in [0, 0.1) is 11.2 Å². The van der Waals surface area contributed by atoms with E-state index in [1.54, 1.807) is 12.1 Å². The van der Waals surface area contributed by atoms with E-state index < -0.39 is 11.5 Å². The Morgan fingerprint density at radius 2 is 1.59 bits per heavy atom. The summed E-state index contributed by atoms with van der Waals surface area (Å²) in [6, 6.07) is 15.1. The van der Waals surface area contributed by atoms with Crippen molar-refractivity contribution in [3.63, 3.8) is 0 Å². The molecule has 2 aromatic carbocycles. The molecule has 0 bridgehead atoms. The molecule has 2 aromatic rings. The molecule has 0 fully saturated rings. The summed E-state index contributed by atoms with van der Waals surface area (Å²) >= 11 is 0. The molecule has 2 atom stereocenters. The van der Waals surface area contributed by atoms with Gasteiger partial charge >= 0.3 is 0 Å². The van der Waals surface area contributed by atoms with Crippen LogP contribution in [0.5, 0.6) is 0 Å². The summed E-state index contributed by atoms with van der Waals surface area (Å²) in [5.74, 6) is -0.490. The minimum Gasteiger partial charge on any atom is -0.394 e. The van der Waals surface area contributed by atoms with E-state index in [1.807, 2.05) is 37.3 Å². The van der Waals surface area contributed by atoms with Gasteiger partial charge in [0.2, 0.25) is 5.91 Å². The van der Waals surface area contributed by atoms with Gasteiger partial charge in [0.1, 0.15) is 5.82 Å². The number of hydrogen-bond acceptors (Lipinski definition) is 2. The second-order valence-electron chi connectivity index (χ2n) is 8.52. The average molecular weight is 371 g/mol. The Labute approximate surface area is 161 Å². The maximum absolute atomic E-state index is 13.4. The Kier molecular flexibility index (Phi) is 6.77. The lowest BCUT2D eigenvalue weighted by molar-refractivity contribution is -0.127. The number of rotatable bonds is 7. The van der Waals surface area contributed by atoms with Gasteiger partial charge in [-0.1, -0.05) is 63.2 Å². The highest BCUT2D eigenvalue weighted by Gasteiger charge is 2.37. The second-order valence-corrected chi connectivity index (χ2v) is 8.52. The van der Waals surface area contributed by atoms with Gasteiger partial charge in [0, 0.05) is 0 Å². The fraction of sp³-hybridized carbons (Fsp3) is 0.435. The van der Waals surface area contributed by atoms with E-state index in [-0.39, 0.29) is 23.7 Å². The van der Waals surface area contributed by atoms with Crippen LogP contribution in [0.2, 0.25) is 0 Å². The van der Waals surface area contributed by atoms with E-state index in [4.69, 9.17) is 0 Å². The van der Waals surface area contributed by atoms with Crippen LogP contribution < -0.4 is 5.32 Å². The summed E-state index contributed by atoms with van der Waals surface area (Å²) in [5.41, 5.74) is 0.877. The van der Waals surface area contributed by atoms with Crippen LogP contribution in [-0.2, 0) is 10.2 Å². The normalized spacial score (nSPS) is 15.0. The molecule has 0 aliphatic rings. The Bertz CT molecular complexity index is 737. The fourth-order valence-electron chi connectivity index (χ4n) is 3.07. The molecule has 4 heteroatoms. The van der Waals surface area contributed by atoms with Crippen molar-refractivity contribution in [2.75, 3.05) is 6.61 Å². The van der Waals surface area contributed by atoms with E-state index in [0.717, 1.165) is 17.5 Å². The number of carbonyl (C=O) groups is 1. The molecule has 0 spiro atoms. The molecule has 27 heavy (non-hydrogen) atoms. The highest BCUT2D eigenvalue weighted by atomic mass is 19.1. The summed E-state index contributed by atoms with van der Waals surface area (Å²) in [6.07, 6.45) is 1.46. The summed E-state index contributed by atoms with van der Waals surface area (Å²) in [5, 5.41) is 12.8. The molecule has 3 nitrogen and oxygen atoms in total. The van der Waals surface area contributed by atoms with Crippen LogP contribution >= 0.6 is 0 Å². The molecule has 0 aliphatic heterocycles. The van der Waals surface area contributed by atoms with Gasteiger partial charge in [-0.25, -0.2) is 4.39 Å². The number of hydrogen-bond donors (Lipinski definition) is 2. The zero-order valence-electron chi connectivity index (χ0n) is 16.6. The number of aliphatic hydroxyl groups excluding tert-OH is 1. The number of carbonyl (C=O) groups excluding carboxylic acids is 1. The molecule has 0 radical (unpaired) electrons. The largest absolute Gasteiger partial charge is 0.394 e. The van der Waals surface area contributed by atoms with Crippen LogP contribution in [0.4, 0.5) is 4.39 Å². The summed E-state index contributed by atoms with van der Waals surface area (Å²) in [4.78, 5) is 13.3. The monoisotopic (exact) mass is 371 g/mol. The summed E-state index contributed by atoms with van der Waals surface area (Å²) in [7, 11) is 0. The van der Waals surface area contributed by atoms with E-state index in [2.05, 4.69) is 26.1 Å². The third-order valence-electron chi connectivity index (χ3n) is 5.05. The highest BCUT2D eigenvalue weighted by Crippen LogP contribution is 2.35. The van der Waals surface area contributed by atoms with Crippen molar-refractivity contribution in [1.82, 2.24) is 5.32 Å². The lowest BCUT2D eigenvalue weighted by atomic mass is 9.73. The number of nitrogens with one attached hydrogen (secondary N) is 1. The maximum atomic E-state index is 13.4. The van der Waals surface area contributed by atoms with Gasteiger partial charge in [-0.05, 0) is 48.4 Å². The van der Waals surface area contributed by atoms with Crippen LogP contribution in [0.15, 0.2) is 54.6 Å². The maximum Gasteiger partial charge on any atom is 0.230 e. The zero-order valence-corrected chi connectivity index (χ0v) is 16.6. The van der Waals surface area contributed by atoms with Crippen molar-refractivity contribution in [3.8, 4) is 0 Å². The summed E-state index contributed by atoms with van der Waals surface area (Å²) in [6.45, 7) is 8.11. The summed E-state index contributed by atoms with van der Waals surface area (Å²) < 4.78 is 13.4. The Hall–Kier alpha value is -2.20. The van der Waals surface area contributed by atoms with Crippen molar-refractivity contribution in [3.05, 3.63) is 71.5 Å². The van der Waals surface area contributed by atoms with Crippen molar-refractivity contribution in [2.24, 2.45) is 5.41 Å². The first-order valence-electron chi connectivity index (χ1n) is 9.38. The molecule has 0 aliphatic carbocycles. The standard InChI is InChI=1S/C23H30FNO2/c1-22(2,3)14-15-23(4,18-10-12-19(24)13-11-18)21(27)25-20(16-26)17-8-6-5-7-9-17/h5-13,20,26H,14-16H2,1-4H3,(H,25,27)/t20-,23-/m0/s1. The Morgan fingerprint density at radius 1 is 1.00 bits per heavy atom. The van der Waals surface area contributed by atoms with Gasteiger partial charge in [0.25, 0.3) is 0 Å². The smallest absolute Gasteiger partial charge is 0.230 e. The van der Waals surface area contributed by atoms with E-state index in [0.29, 0.717) is 6.42 Å². The van der Waals surface area contributed by atoms with Crippen molar-refractivity contribution in [2.45, 2.75) is 52.0 Å². The van der Waals surface area contributed by atoms with Crippen LogP contribution in [0.1, 0.15) is 57.7 Å². The molecular weight excluding hydrogens is 341 g/mol. The molecule has 1 amide bonds. The topological polar surface area (TPSA) is 49.3 Å². The van der Waals surface area contributed by atoms with Gasteiger partial charge in [0.15, 0.2) is 0 Å². The highest BCUT2D eigenvalue weighted by molar-refractivity contribution is 5.88. The lowest BCUT2D eigenvalue weighted by Gasteiger charge is -2.33. The van der Waals surface area contributed by atoms with Crippen molar-refractivity contribution in [1.29, 1.82) is 0 Å². The van der Waals surface area contributed by atoms with E-state index in [9.17, 15) is 14.3 Å². The Balaban J connectivity index is 2.31. The zero-order chi connectivity index (χ0) is 20.1. The molecular formula is C23H30FNO2. The molecule has 2 rings (SSSR count). The quantitative estimate of drug-likeness (QED) is 0.737. The first-order valence-corrected chi connectivity index (χ1v) is 9.38. The van der Waals surface area contributed by atoms with Gasteiger partial charge in [-0.3, -0.25) is 4.79 Å². The van der Waals surface area contributed by atoms with Gasteiger partial charge in [-0.15, -0.1) is 0 Å². The minimum atomic E-state index is -0.816. The van der Waals surface area contributed by atoms with Gasteiger partial charge < -0.3 is 10.4 Å². The molecule has 0 saturated carbocycles. The third kappa shape index (κ3) is 5.64. The van der Waals surface area contributed by atoms with Crippen LogP contribution in [0.25, 0.3) is 0 Å². The SMILES string of the molecule is CC(C)(C)CC[C@](C)(C(=O)N[C@@H](CO)c1ccccc1)c1ccc(F)cc1. The number of benzene rings is 2. The van der Waals surface area contributed by atoms with Crippen molar-refractivity contribution < 1.29 is 14.3 Å².